The van der Waals surface area contributed by atoms with Gasteiger partial charge in [-0.1, -0.05) is 23.7 Å². The Hall–Kier alpha value is -2.36. The van der Waals surface area contributed by atoms with E-state index >= 15 is 0 Å². The summed E-state index contributed by atoms with van der Waals surface area (Å²) in [5.74, 6) is 1.04. The summed E-state index contributed by atoms with van der Waals surface area (Å²) in [6.45, 7) is 0.668. The fraction of sp³-hybridized carbons (Fsp3) is 0.421. The molecule has 1 aliphatic carbocycles. The van der Waals surface area contributed by atoms with Crippen LogP contribution in [0.4, 0.5) is 11.8 Å². The minimum absolute atomic E-state index is 0.211. The molecular weight excluding hydrogens is 350 g/mol. The van der Waals surface area contributed by atoms with Crippen LogP contribution in [-0.4, -0.2) is 33.8 Å². The molecule has 0 aliphatic heterocycles. The third-order valence-corrected chi connectivity index (χ3v) is 4.77. The Morgan fingerprint density at radius 1 is 1.27 bits per heavy atom. The van der Waals surface area contributed by atoms with E-state index < -0.39 is 0 Å². The maximum Gasteiger partial charge on any atom is 0.224 e. The van der Waals surface area contributed by atoms with Crippen molar-refractivity contribution in [1.29, 1.82) is 5.26 Å². The third-order valence-electron chi connectivity index (χ3n) is 4.53. The van der Waals surface area contributed by atoms with E-state index in [0.29, 0.717) is 23.9 Å². The normalized spacial score (nSPS) is 19.6. The van der Waals surface area contributed by atoms with Crippen molar-refractivity contribution in [1.82, 2.24) is 9.97 Å². The second kappa shape index (κ2) is 8.84. The quantitative estimate of drug-likeness (QED) is 0.720. The number of aliphatic hydroxyl groups is 1. The van der Waals surface area contributed by atoms with Crippen LogP contribution < -0.4 is 10.6 Å². The van der Waals surface area contributed by atoms with Crippen LogP contribution in [0.1, 0.15) is 36.8 Å². The zero-order valence-corrected chi connectivity index (χ0v) is 15.2. The van der Waals surface area contributed by atoms with Gasteiger partial charge in [0.25, 0.3) is 0 Å². The number of benzene rings is 1. The molecule has 0 saturated heterocycles. The van der Waals surface area contributed by atoms with Gasteiger partial charge in [0.15, 0.2) is 0 Å². The van der Waals surface area contributed by atoms with E-state index in [4.69, 9.17) is 11.6 Å². The van der Waals surface area contributed by atoms with Crippen molar-refractivity contribution in [3.63, 3.8) is 0 Å². The first-order chi connectivity index (χ1) is 12.6. The molecule has 1 fully saturated rings. The van der Waals surface area contributed by atoms with Crippen molar-refractivity contribution >= 4 is 23.4 Å². The number of hydrogen-bond acceptors (Lipinski definition) is 6. The van der Waals surface area contributed by atoms with Gasteiger partial charge in [0.05, 0.1) is 12.3 Å². The van der Waals surface area contributed by atoms with Crippen LogP contribution in [0.2, 0.25) is 5.02 Å². The van der Waals surface area contributed by atoms with Crippen molar-refractivity contribution in [2.45, 2.75) is 44.2 Å². The van der Waals surface area contributed by atoms with Crippen molar-refractivity contribution in [3.05, 3.63) is 46.6 Å². The molecule has 0 atom stereocenters. The summed E-state index contributed by atoms with van der Waals surface area (Å²) in [5.41, 5.74) is 1.56. The summed E-state index contributed by atoms with van der Waals surface area (Å²) in [7, 11) is 0. The number of anilines is 2. The molecule has 0 spiro atoms. The molecule has 0 bridgehead atoms. The predicted molar refractivity (Wildman–Crippen MR) is 102 cm³/mol. The lowest BCUT2D eigenvalue weighted by Gasteiger charge is -2.26. The van der Waals surface area contributed by atoms with Gasteiger partial charge in [-0.15, -0.1) is 0 Å². The molecule has 6 nitrogen and oxygen atoms in total. The molecule has 7 heteroatoms. The van der Waals surface area contributed by atoms with Gasteiger partial charge in [-0.25, -0.2) is 4.98 Å². The first kappa shape index (κ1) is 18.4. The summed E-state index contributed by atoms with van der Waals surface area (Å²) in [4.78, 5) is 8.67. The highest BCUT2D eigenvalue weighted by Gasteiger charge is 2.20. The Labute approximate surface area is 158 Å². The Bertz CT molecular complexity index is 784. The van der Waals surface area contributed by atoms with Crippen LogP contribution in [0, 0.1) is 11.3 Å². The van der Waals surface area contributed by atoms with Gasteiger partial charge in [0, 0.05) is 17.6 Å². The van der Waals surface area contributed by atoms with Crippen LogP contribution in [0.3, 0.4) is 0 Å². The van der Waals surface area contributed by atoms with Crippen molar-refractivity contribution in [2.75, 3.05) is 17.2 Å². The van der Waals surface area contributed by atoms with E-state index in [-0.39, 0.29) is 12.1 Å². The number of aromatic nitrogens is 2. The first-order valence-corrected chi connectivity index (χ1v) is 9.22. The van der Waals surface area contributed by atoms with Gasteiger partial charge in [-0.05, 0) is 49.8 Å². The summed E-state index contributed by atoms with van der Waals surface area (Å²) >= 11 is 6.00. The van der Waals surface area contributed by atoms with E-state index in [1.165, 1.54) is 6.20 Å². The molecule has 1 aromatic carbocycles. The Kier molecular flexibility index (Phi) is 6.26. The Morgan fingerprint density at radius 3 is 2.81 bits per heavy atom. The molecule has 0 radical (unpaired) electrons. The number of aliphatic hydroxyl groups excluding tert-OH is 1. The molecule has 0 amide bonds. The third kappa shape index (κ3) is 5.07. The second-order valence-corrected chi connectivity index (χ2v) is 6.96. The van der Waals surface area contributed by atoms with Crippen LogP contribution >= 0.6 is 11.6 Å². The van der Waals surface area contributed by atoms with Gasteiger partial charge in [0.1, 0.15) is 17.5 Å². The van der Waals surface area contributed by atoms with Crippen LogP contribution in [0.25, 0.3) is 0 Å². The van der Waals surface area contributed by atoms with Crippen LogP contribution in [0.15, 0.2) is 30.5 Å². The average molecular weight is 372 g/mol. The maximum absolute atomic E-state index is 9.62. The molecule has 26 heavy (non-hydrogen) atoms. The second-order valence-electron chi connectivity index (χ2n) is 6.52. The summed E-state index contributed by atoms with van der Waals surface area (Å²) in [6, 6.07) is 10.1. The number of rotatable bonds is 6. The highest BCUT2D eigenvalue weighted by molar-refractivity contribution is 6.30. The van der Waals surface area contributed by atoms with E-state index in [0.717, 1.165) is 42.7 Å². The predicted octanol–water partition coefficient (Wildman–Crippen LogP) is 3.37. The van der Waals surface area contributed by atoms with E-state index in [1.54, 1.807) is 0 Å². The largest absolute Gasteiger partial charge is 0.393 e. The lowest BCUT2D eigenvalue weighted by Crippen LogP contribution is -2.29. The zero-order chi connectivity index (χ0) is 18.4. The van der Waals surface area contributed by atoms with Crippen LogP contribution in [-0.2, 0) is 6.42 Å². The molecule has 136 valence electrons. The number of nitriles is 1. The molecule has 1 aromatic heterocycles. The van der Waals surface area contributed by atoms with Gasteiger partial charge in [-0.2, -0.15) is 10.2 Å². The highest BCUT2D eigenvalue weighted by atomic mass is 35.5. The van der Waals surface area contributed by atoms with Gasteiger partial charge in [-0.3, -0.25) is 0 Å². The fourth-order valence-electron chi connectivity index (χ4n) is 3.08. The number of nitrogens with zero attached hydrogens (tertiary/aromatic N) is 3. The van der Waals surface area contributed by atoms with E-state index in [1.807, 2.05) is 24.3 Å². The van der Waals surface area contributed by atoms with E-state index in [2.05, 4.69) is 26.7 Å². The molecular formula is C19H22ClN5O. The molecule has 3 N–H and O–H groups in total. The molecule has 1 saturated carbocycles. The van der Waals surface area contributed by atoms with Gasteiger partial charge < -0.3 is 15.7 Å². The number of nitrogens with one attached hydrogen (secondary N) is 2. The average Bonchev–Trinajstić information content (AvgIpc) is 2.64. The lowest BCUT2D eigenvalue weighted by molar-refractivity contribution is 0.126. The highest BCUT2D eigenvalue weighted by Crippen LogP contribution is 2.23. The maximum atomic E-state index is 9.62. The van der Waals surface area contributed by atoms with Crippen molar-refractivity contribution < 1.29 is 5.11 Å². The molecule has 2 aromatic rings. The number of hydrogen-bond donors (Lipinski definition) is 3. The van der Waals surface area contributed by atoms with Crippen molar-refractivity contribution in [3.8, 4) is 6.07 Å². The van der Waals surface area contributed by atoms with Gasteiger partial charge in [0.2, 0.25) is 5.95 Å². The summed E-state index contributed by atoms with van der Waals surface area (Å²) in [5, 5.41) is 26.2. The van der Waals surface area contributed by atoms with Crippen molar-refractivity contribution in [2.24, 2.45) is 0 Å². The fourth-order valence-corrected chi connectivity index (χ4v) is 3.30. The SMILES string of the molecule is N#Cc1cnc(NCCc2cccc(Cl)c2)nc1NC1CCC(O)CC1. The molecule has 1 aliphatic rings. The monoisotopic (exact) mass is 371 g/mol. The Balaban J connectivity index is 1.60. The lowest BCUT2D eigenvalue weighted by atomic mass is 9.93. The molecule has 3 rings (SSSR count). The molecule has 1 heterocycles. The topological polar surface area (TPSA) is 93.9 Å². The first-order valence-electron chi connectivity index (χ1n) is 8.84. The molecule has 0 unspecified atom stereocenters. The smallest absolute Gasteiger partial charge is 0.224 e. The minimum Gasteiger partial charge on any atom is -0.393 e. The number of halogens is 1. The summed E-state index contributed by atoms with van der Waals surface area (Å²) in [6.07, 6.45) is 5.41. The summed E-state index contributed by atoms with van der Waals surface area (Å²) < 4.78 is 0. The standard InChI is InChI=1S/C19H22ClN5O/c20-15-3-1-2-13(10-15)8-9-22-19-23-12-14(11-21)18(25-19)24-16-4-6-17(26)7-5-16/h1-3,10,12,16-17,26H,4-9H2,(H2,22,23,24,25). The minimum atomic E-state index is -0.211. The van der Waals surface area contributed by atoms with Crippen LogP contribution in [0.5, 0.6) is 0 Å². The zero-order valence-electron chi connectivity index (χ0n) is 14.5. The van der Waals surface area contributed by atoms with Gasteiger partial charge >= 0.3 is 0 Å². The van der Waals surface area contributed by atoms with E-state index in [9.17, 15) is 10.4 Å². The Morgan fingerprint density at radius 2 is 2.08 bits per heavy atom.